The van der Waals surface area contributed by atoms with E-state index >= 15 is 0 Å². The molecule has 1 fully saturated rings. The van der Waals surface area contributed by atoms with E-state index in [4.69, 9.17) is 4.74 Å². The number of hydrogen-bond acceptors (Lipinski definition) is 8. The summed E-state index contributed by atoms with van der Waals surface area (Å²) in [5.41, 5.74) is 2.36. The summed E-state index contributed by atoms with van der Waals surface area (Å²) in [4.78, 5) is 16.9. The highest BCUT2D eigenvalue weighted by atomic mass is 32.2. The van der Waals surface area contributed by atoms with Crippen LogP contribution in [0.15, 0.2) is 33.5 Å². The van der Waals surface area contributed by atoms with Gasteiger partial charge in [-0.05, 0) is 31.4 Å². The molecular weight excluding hydrogens is 370 g/mol. The minimum atomic E-state index is -0.0644. The van der Waals surface area contributed by atoms with Crippen LogP contribution in [0.3, 0.4) is 0 Å². The normalized spacial score (nSPS) is 17.0. The minimum absolute atomic E-state index is 0.0644. The second kappa shape index (κ2) is 7.73. The predicted molar refractivity (Wildman–Crippen MR) is 103 cm³/mol. The molecule has 0 amide bonds. The fourth-order valence-electron chi connectivity index (χ4n) is 2.86. The van der Waals surface area contributed by atoms with E-state index in [-0.39, 0.29) is 11.7 Å². The van der Waals surface area contributed by atoms with Crippen LogP contribution in [0.5, 0.6) is 0 Å². The first-order valence-electron chi connectivity index (χ1n) is 8.49. The number of aryl methyl sites for hydroxylation is 1. The van der Waals surface area contributed by atoms with E-state index in [1.165, 1.54) is 23.1 Å². The number of ether oxygens (including phenoxy) is 1. The molecule has 1 saturated heterocycles. The van der Waals surface area contributed by atoms with Crippen molar-refractivity contribution < 1.29 is 4.74 Å². The zero-order valence-electron chi connectivity index (χ0n) is 14.3. The first kappa shape index (κ1) is 17.4. The zero-order valence-corrected chi connectivity index (χ0v) is 16.0. The van der Waals surface area contributed by atoms with Crippen molar-refractivity contribution in [2.75, 3.05) is 18.5 Å². The fourth-order valence-corrected chi connectivity index (χ4v) is 4.52. The number of anilines is 1. The summed E-state index contributed by atoms with van der Waals surface area (Å²) in [7, 11) is 0. The van der Waals surface area contributed by atoms with E-state index < -0.39 is 0 Å². The Morgan fingerprint density at radius 1 is 1.46 bits per heavy atom. The Bertz CT molecular complexity index is 965. The summed E-state index contributed by atoms with van der Waals surface area (Å²) < 4.78 is 8.02. The van der Waals surface area contributed by atoms with Gasteiger partial charge in [-0.15, -0.1) is 10.2 Å². The Kier molecular flexibility index (Phi) is 5.18. The van der Waals surface area contributed by atoms with Gasteiger partial charge in [-0.25, -0.2) is 4.98 Å². The average molecular weight is 390 g/mol. The van der Waals surface area contributed by atoms with Crippen molar-refractivity contribution in [1.29, 1.82) is 0 Å². The minimum Gasteiger partial charge on any atom is -0.376 e. The van der Waals surface area contributed by atoms with Crippen molar-refractivity contribution in [3.8, 4) is 0 Å². The number of pyridine rings is 1. The van der Waals surface area contributed by atoms with Crippen LogP contribution < -0.4 is 10.9 Å². The molecule has 1 atom stereocenters. The molecular formula is C17H19N5O2S2. The lowest BCUT2D eigenvalue weighted by atomic mass is 10.2. The number of nitrogens with zero attached hydrogens (tertiary/aromatic N) is 4. The third-order valence-electron chi connectivity index (χ3n) is 4.19. The molecule has 3 aromatic rings. The lowest BCUT2D eigenvalue weighted by Crippen LogP contribution is -2.18. The largest absolute Gasteiger partial charge is 0.376 e. The maximum absolute atomic E-state index is 12.2. The molecule has 1 aliphatic heterocycles. The molecule has 0 unspecified atom stereocenters. The van der Waals surface area contributed by atoms with Gasteiger partial charge in [0.2, 0.25) is 5.13 Å². The van der Waals surface area contributed by atoms with Gasteiger partial charge in [0.05, 0.1) is 11.8 Å². The smallest absolute Gasteiger partial charge is 0.258 e. The van der Waals surface area contributed by atoms with E-state index in [0.717, 1.165) is 46.7 Å². The summed E-state index contributed by atoms with van der Waals surface area (Å²) in [6, 6.07) is 5.39. The van der Waals surface area contributed by atoms with Crippen molar-refractivity contribution >= 4 is 33.9 Å². The van der Waals surface area contributed by atoms with Crippen LogP contribution >= 0.6 is 23.1 Å². The molecule has 0 spiro atoms. The van der Waals surface area contributed by atoms with Crippen LogP contribution in [0.1, 0.15) is 24.1 Å². The van der Waals surface area contributed by atoms with Gasteiger partial charge < -0.3 is 10.1 Å². The molecule has 1 N–H and O–H groups in total. The van der Waals surface area contributed by atoms with Gasteiger partial charge >= 0.3 is 0 Å². The second-order valence-corrected chi connectivity index (χ2v) is 8.35. The third-order valence-corrected chi connectivity index (χ3v) is 6.24. The Labute approximate surface area is 158 Å². The highest BCUT2D eigenvalue weighted by Crippen LogP contribution is 2.28. The Morgan fingerprint density at radius 2 is 2.38 bits per heavy atom. The van der Waals surface area contributed by atoms with E-state index in [2.05, 4.69) is 20.5 Å². The highest BCUT2D eigenvalue weighted by molar-refractivity contribution is 8.00. The fraction of sp³-hybridized carbons (Fsp3) is 0.412. The topological polar surface area (TPSA) is 81.4 Å². The lowest BCUT2D eigenvalue weighted by molar-refractivity contribution is 0.120. The first-order valence-corrected chi connectivity index (χ1v) is 10.3. The molecule has 0 bridgehead atoms. The number of aromatic nitrogens is 4. The zero-order chi connectivity index (χ0) is 17.9. The molecule has 4 rings (SSSR count). The molecule has 0 aromatic carbocycles. The van der Waals surface area contributed by atoms with Gasteiger partial charge in [-0.2, -0.15) is 0 Å². The molecule has 1 aliphatic rings. The van der Waals surface area contributed by atoms with Gasteiger partial charge in [0.25, 0.3) is 5.56 Å². The summed E-state index contributed by atoms with van der Waals surface area (Å²) >= 11 is 3.05. The van der Waals surface area contributed by atoms with Crippen molar-refractivity contribution in [3.63, 3.8) is 0 Å². The van der Waals surface area contributed by atoms with Gasteiger partial charge in [0.15, 0.2) is 4.34 Å². The molecule has 136 valence electrons. The van der Waals surface area contributed by atoms with Gasteiger partial charge in [0, 0.05) is 31.2 Å². The van der Waals surface area contributed by atoms with Crippen LogP contribution in [0.25, 0.3) is 5.65 Å². The summed E-state index contributed by atoms with van der Waals surface area (Å²) in [6.45, 7) is 3.57. The van der Waals surface area contributed by atoms with Crippen molar-refractivity contribution in [3.05, 3.63) is 46.0 Å². The molecule has 0 saturated carbocycles. The van der Waals surface area contributed by atoms with Gasteiger partial charge in [-0.3, -0.25) is 9.20 Å². The van der Waals surface area contributed by atoms with E-state index in [1.54, 1.807) is 16.7 Å². The number of hydrogen-bond donors (Lipinski definition) is 1. The summed E-state index contributed by atoms with van der Waals surface area (Å²) in [5.74, 6) is 0.584. The summed E-state index contributed by atoms with van der Waals surface area (Å²) in [6.07, 6.45) is 4.23. The highest BCUT2D eigenvalue weighted by Gasteiger charge is 2.16. The van der Waals surface area contributed by atoms with Crippen molar-refractivity contribution in [2.24, 2.45) is 0 Å². The van der Waals surface area contributed by atoms with Crippen molar-refractivity contribution in [1.82, 2.24) is 19.6 Å². The van der Waals surface area contributed by atoms with Crippen LogP contribution in [-0.4, -0.2) is 38.8 Å². The molecule has 26 heavy (non-hydrogen) atoms. The Balaban J connectivity index is 1.40. The monoisotopic (exact) mass is 389 g/mol. The van der Waals surface area contributed by atoms with Crippen molar-refractivity contribution in [2.45, 2.75) is 36.0 Å². The number of thioether (sulfide) groups is 1. The summed E-state index contributed by atoms with van der Waals surface area (Å²) in [5, 5.41) is 12.4. The van der Waals surface area contributed by atoms with Crippen LogP contribution in [0.4, 0.5) is 5.13 Å². The van der Waals surface area contributed by atoms with Gasteiger partial charge in [-0.1, -0.05) is 29.2 Å². The molecule has 3 aromatic heterocycles. The van der Waals surface area contributed by atoms with Crippen LogP contribution in [0.2, 0.25) is 0 Å². The Morgan fingerprint density at radius 3 is 3.23 bits per heavy atom. The predicted octanol–water partition coefficient (Wildman–Crippen LogP) is 2.74. The number of nitrogens with one attached hydrogen (secondary N) is 1. The standard InChI is InChI=1S/C17H19N5O2S2/c1-11-4-2-6-22-14(23)8-12(19-15(11)22)10-25-17-21-20-16(26-17)18-9-13-5-3-7-24-13/h2,4,6,8,13H,3,5,7,9-10H2,1H3,(H,18,20)/t13-/m1/s1. The quantitative estimate of drug-likeness (QED) is 0.649. The number of rotatable bonds is 6. The Hall–Kier alpha value is -1.97. The lowest BCUT2D eigenvalue weighted by Gasteiger charge is -2.08. The first-order chi connectivity index (χ1) is 12.7. The second-order valence-electron chi connectivity index (χ2n) is 6.15. The maximum Gasteiger partial charge on any atom is 0.258 e. The van der Waals surface area contributed by atoms with Gasteiger partial charge in [0.1, 0.15) is 5.65 Å². The molecule has 7 nitrogen and oxygen atoms in total. The van der Waals surface area contributed by atoms with E-state index in [0.29, 0.717) is 11.4 Å². The van der Waals surface area contributed by atoms with Crippen LogP contribution in [0, 0.1) is 6.92 Å². The third kappa shape index (κ3) is 3.89. The maximum atomic E-state index is 12.2. The van der Waals surface area contributed by atoms with E-state index in [1.807, 2.05) is 19.1 Å². The molecule has 0 aliphatic carbocycles. The van der Waals surface area contributed by atoms with Crippen LogP contribution in [-0.2, 0) is 10.5 Å². The molecule has 0 radical (unpaired) electrons. The van der Waals surface area contributed by atoms with E-state index in [9.17, 15) is 4.79 Å². The SMILES string of the molecule is Cc1cccn2c(=O)cc(CSc3nnc(NC[C@H]4CCCO4)s3)nc12. The molecule has 4 heterocycles. The molecule has 9 heteroatoms. The average Bonchev–Trinajstić information content (AvgIpc) is 3.31. The number of fused-ring (bicyclic) bond motifs is 1.